The highest BCUT2D eigenvalue weighted by molar-refractivity contribution is 7.84. The number of benzene rings is 1. The zero-order valence-electron chi connectivity index (χ0n) is 10.8. The lowest BCUT2D eigenvalue weighted by molar-refractivity contribution is -0.115. The number of anilines is 1. The van der Waals surface area contributed by atoms with Gasteiger partial charge in [-0.05, 0) is 25.1 Å². The van der Waals surface area contributed by atoms with Crippen molar-refractivity contribution < 1.29 is 9.00 Å². The Morgan fingerprint density at radius 3 is 2.61 bits per heavy atom. The molecule has 0 saturated heterocycles. The van der Waals surface area contributed by atoms with Crippen molar-refractivity contribution in [3.63, 3.8) is 0 Å². The van der Waals surface area contributed by atoms with Crippen LogP contribution in [0, 0.1) is 0 Å². The van der Waals surface area contributed by atoms with Crippen LogP contribution in [0.5, 0.6) is 0 Å². The van der Waals surface area contributed by atoms with Crippen LogP contribution < -0.4 is 10.6 Å². The minimum atomic E-state index is -0.797. The van der Waals surface area contributed by atoms with Crippen LogP contribution in [0.25, 0.3) is 0 Å². The molecule has 0 bridgehead atoms. The molecule has 0 aromatic heterocycles. The van der Waals surface area contributed by atoms with Gasteiger partial charge in [0.1, 0.15) is 0 Å². The first-order valence-electron chi connectivity index (χ1n) is 5.97. The maximum Gasteiger partial charge on any atom is 0.238 e. The molecule has 0 aliphatic heterocycles. The molecule has 1 amide bonds. The third-order valence-corrected chi connectivity index (χ3v) is 4.01. The van der Waals surface area contributed by atoms with E-state index in [1.54, 1.807) is 6.26 Å². The number of nitrogens with one attached hydrogen (secondary N) is 2. The zero-order chi connectivity index (χ0) is 13.4. The molecule has 0 spiro atoms. The van der Waals surface area contributed by atoms with Crippen molar-refractivity contribution in [1.82, 2.24) is 5.32 Å². The highest BCUT2D eigenvalue weighted by Gasteiger charge is 2.06. The van der Waals surface area contributed by atoms with Gasteiger partial charge in [0.15, 0.2) is 0 Å². The smallest absolute Gasteiger partial charge is 0.238 e. The average Bonchev–Trinajstić information content (AvgIpc) is 2.35. The second-order valence-electron chi connectivity index (χ2n) is 4.19. The van der Waals surface area contributed by atoms with Crippen LogP contribution in [-0.2, 0) is 15.6 Å². The number of hydrogen-bond acceptors (Lipinski definition) is 3. The van der Waals surface area contributed by atoms with Gasteiger partial charge in [-0.2, -0.15) is 0 Å². The maximum absolute atomic E-state index is 11.6. The molecule has 1 aromatic rings. The highest BCUT2D eigenvalue weighted by Crippen LogP contribution is 2.04. The molecule has 4 nitrogen and oxygen atoms in total. The van der Waals surface area contributed by atoms with Crippen molar-refractivity contribution >= 4 is 22.4 Å². The topological polar surface area (TPSA) is 58.2 Å². The summed E-state index contributed by atoms with van der Waals surface area (Å²) < 4.78 is 11.1. The van der Waals surface area contributed by atoms with Crippen molar-refractivity contribution in [2.45, 2.75) is 18.6 Å². The Morgan fingerprint density at radius 1 is 1.33 bits per heavy atom. The predicted octanol–water partition coefficient (Wildman–Crippen LogP) is 1.37. The summed E-state index contributed by atoms with van der Waals surface area (Å²) >= 11 is 0. The van der Waals surface area contributed by atoms with Gasteiger partial charge in [0.2, 0.25) is 5.91 Å². The predicted molar refractivity (Wildman–Crippen MR) is 76.1 cm³/mol. The Balaban J connectivity index is 2.16. The Kier molecular flexibility index (Phi) is 6.60. The summed E-state index contributed by atoms with van der Waals surface area (Å²) in [6, 6.07) is 9.35. The van der Waals surface area contributed by atoms with Gasteiger partial charge in [-0.3, -0.25) is 9.00 Å². The second kappa shape index (κ2) is 8.00. The molecule has 0 aliphatic carbocycles. The number of para-hydroxylation sites is 1. The number of amides is 1. The van der Waals surface area contributed by atoms with Gasteiger partial charge in [-0.25, -0.2) is 0 Å². The molecule has 0 saturated carbocycles. The first kappa shape index (κ1) is 14.9. The third-order valence-electron chi connectivity index (χ3n) is 2.64. The highest BCUT2D eigenvalue weighted by atomic mass is 32.2. The summed E-state index contributed by atoms with van der Waals surface area (Å²) in [6.07, 6.45) is 2.51. The molecule has 0 heterocycles. The Morgan fingerprint density at radius 2 is 2.00 bits per heavy atom. The van der Waals surface area contributed by atoms with Gasteiger partial charge in [-0.15, -0.1) is 0 Å². The van der Waals surface area contributed by atoms with Gasteiger partial charge in [0.05, 0.1) is 6.54 Å². The Labute approximate surface area is 111 Å². The van der Waals surface area contributed by atoms with Crippen LogP contribution in [0.4, 0.5) is 5.69 Å². The summed E-state index contributed by atoms with van der Waals surface area (Å²) in [6.45, 7) is 2.92. The van der Waals surface area contributed by atoms with E-state index in [4.69, 9.17) is 0 Å². The van der Waals surface area contributed by atoms with E-state index in [0.29, 0.717) is 6.54 Å². The Hall–Kier alpha value is -1.20. The zero-order valence-corrected chi connectivity index (χ0v) is 11.6. The fourth-order valence-electron chi connectivity index (χ4n) is 1.40. The van der Waals surface area contributed by atoms with Gasteiger partial charge in [-0.1, -0.05) is 25.1 Å². The van der Waals surface area contributed by atoms with Crippen LogP contribution >= 0.6 is 0 Å². The molecule has 18 heavy (non-hydrogen) atoms. The number of carbonyl (C=O) groups excluding carboxylic acids is 1. The standard InChI is InChI=1S/C13H20N2O2S/c1-11(18(2)17)8-9-14-10-13(16)15-12-6-4-3-5-7-12/h3-7,11,14H,8-10H2,1-2H3,(H,15,16). The molecule has 2 unspecified atom stereocenters. The van der Waals surface area contributed by atoms with E-state index >= 15 is 0 Å². The van der Waals surface area contributed by atoms with Crippen molar-refractivity contribution in [1.29, 1.82) is 0 Å². The van der Waals surface area contributed by atoms with Gasteiger partial charge in [0, 0.05) is 28.0 Å². The Bertz CT molecular complexity index is 395. The molecule has 0 fully saturated rings. The summed E-state index contributed by atoms with van der Waals surface area (Å²) in [7, 11) is -0.797. The molecule has 2 N–H and O–H groups in total. The van der Waals surface area contributed by atoms with Crippen molar-refractivity contribution in [3.8, 4) is 0 Å². The largest absolute Gasteiger partial charge is 0.325 e. The third kappa shape index (κ3) is 5.93. The minimum absolute atomic E-state index is 0.0635. The average molecular weight is 268 g/mol. The van der Waals surface area contributed by atoms with Gasteiger partial charge < -0.3 is 10.6 Å². The van der Waals surface area contributed by atoms with E-state index in [2.05, 4.69) is 10.6 Å². The molecule has 1 rings (SSSR count). The monoisotopic (exact) mass is 268 g/mol. The number of hydrogen-bond donors (Lipinski definition) is 2. The second-order valence-corrected chi connectivity index (χ2v) is 5.99. The summed E-state index contributed by atoms with van der Waals surface area (Å²) in [5.74, 6) is -0.0635. The van der Waals surface area contributed by atoms with Crippen LogP contribution in [0.15, 0.2) is 30.3 Å². The molecule has 0 radical (unpaired) electrons. The van der Waals surface area contributed by atoms with Crippen LogP contribution in [0.2, 0.25) is 0 Å². The van der Waals surface area contributed by atoms with E-state index in [-0.39, 0.29) is 17.7 Å². The van der Waals surface area contributed by atoms with Crippen molar-refractivity contribution in [2.75, 3.05) is 24.7 Å². The molecular formula is C13H20N2O2S. The molecule has 2 atom stereocenters. The normalized spacial score (nSPS) is 13.9. The quantitative estimate of drug-likeness (QED) is 0.734. The van der Waals surface area contributed by atoms with E-state index in [1.807, 2.05) is 37.3 Å². The fourth-order valence-corrected chi connectivity index (χ4v) is 1.85. The molecule has 100 valence electrons. The van der Waals surface area contributed by atoms with Crippen LogP contribution in [0.1, 0.15) is 13.3 Å². The van der Waals surface area contributed by atoms with Crippen LogP contribution in [-0.4, -0.2) is 34.7 Å². The first-order valence-corrected chi connectivity index (χ1v) is 7.59. The minimum Gasteiger partial charge on any atom is -0.325 e. The van der Waals surface area contributed by atoms with E-state index in [1.165, 1.54) is 0 Å². The lowest BCUT2D eigenvalue weighted by Gasteiger charge is -2.09. The van der Waals surface area contributed by atoms with Gasteiger partial charge >= 0.3 is 0 Å². The lowest BCUT2D eigenvalue weighted by Crippen LogP contribution is -2.30. The first-order chi connectivity index (χ1) is 8.59. The number of rotatable bonds is 7. The van der Waals surface area contributed by atoms with E-state index in [9.17, 15) is 9.00 Å². The molecule has 5 heteroatoms. The summed E-state index contributed by atoms with van der Waals surface area (Å²) in [5, 5.41) is 6.00. The van der Waals surface area contributed by atoms with E-state index in [0.717, 1.165) is 12.1 Å². The van der Waals surface area contributed by atoms with E-state index < -0.39 is 10.8 Å². The molecule has 0 aliphatic rings. The summed E-state index contributed by atoms with van der Waals surface area (Å²) in [4.78, 5) is 11.6. The van der Waals surface area contributed by atoms with Gasteiger partial charge in [0.25, 0.3) is 0 Å². The maximum atomic E-state index is 11.6. The summed E-state index contributed by atoms with van der Waals surface area (Å²) in [5.41, 5.74) is 0.798. The van der Waals surface area contributed by atoms with Crippen molar-refractivity contribution in [2.24, 2.45) is 0 Å². The lowest BCUT2D eigenvalue weighted by atomic mass is 10.3. The van der Waals surface area contributed by atoms with Crippen LogP contribution in [0.3, 0.4) is 0 Å². The number of carbonyl (C=O) groups is 1. The molecular weight excluding hydrogens is 248 g/mol. The van der Waals surface area contributed by atoms with Crippen molar-refractivity contribution in [3.05, 3.63) is 30.3 Å². The fraction of sp³-hybridized carbons (Fsp3) is 0.462. The SMILES string of the molecule is CC(CCNCC(=O)Nc1ccccc1)S(C)=O. The molecule has 1 aromatic carbocycles.